The normalized spacial score (nSPS) is 11.1. The zero-order valence-electron chi connectivity index (χ0n) is 13.4. The minimum absolute atomic E-state index is 0.177. The van der Waals surface area contributed by atoms with Crippen LogP contribution in [0.15, 0.2) is 6.07 Å². The highest BCUT2D eigenvalue weighted by Gasteiger charge is 2.17. The lowest BCUT2D eigenvalue weighted by molar-refractivity contribution is 0.0501. The Balaban J connectivity index is 2.45. The van der Waals surface area contributed by atoms with Gasteiger partial charge in [0.2, 0.25) is 5.88 Å². The van der Waals surface area contributed by atoms with Gasteiger partial charge in [0, 0.05) is 19.2 Å². The van der Waals surface area contributed by atoms with Gasteiger partial charge in [-0.1, -0.05) is 0 Å². The Morgan fingerprint density at radius 2 is 2.09 bits per heavy atom. The molecule has 22 heavy (non-hydrogen) atoms. The maximum absolute atomic E-state index is 11.7. The lowest BCUT2D eigenvalue weighted by atomic mass is 10.2. The zero-order chi connectivity index (χ0) is 16.8. The van der Waals surface area contributed by atoms with Gasteiger partial charge in [-0.2, -0.15) is 0 Å². The number of nitrogens with one attached hydrogen (secondary N) is 1. The van der Waals surface area contributed by atoms with E-state index in [0.29, 0.717) is 19.5 Å². The molecule has 1 aromatic heterocycles. The maximum Gasteiger partial charge on any atom is 0.407 e. The molecule has 124 valence electrons. The van der Waals surface area contributed by atoms with Crippen LogP contribution in [0.2, 0.25) is 0 Å². The van der Waals surface area contributed by atoms with Crippen LogP contribution < -0.4 is 5.32 Å². The van der Waals surface area contributed by atoms with Crippen molar-refractivity contribution < 1.29 is 24.2 Å². The minimum atomic E-state index is -0.547. The molecule has 1 rings (SSSR count). The molecule has 0 radical (unpaired) electrons. The Hall–Kier alpha value is -2.25. The summed E-state index contributed by atoms with van der Waals surface area (Å²) in [6.45, 7) is 8.00. The number of carbonyl (C=O) groups is 2. The van der Waals surface area contributed by atoms with Crippen LogP contribution in [0.4, 0.5) is 4.79 Å². The summed E-state index contributed by atoms with van der Waals surface area (Å²) in [5, 5.41) is 15.8. The van der Waals surface area contributed by atoms with Crippen LogP contribution in [-0.2, 0) is 16.0 Å². The summed E-state index contributed by atoms with van der Waals surface area (Å²) in [6.07, 6.45) is 0.0219. The Morgan fingerprint density at radius 1 is 1.41 bits per heavy atom. The van der Waals surface area contributed by atoms with E-state index in [4.69, 9.17) is 9.47 Å². The number of nitrogens with zero attached hydrogens (tertiary/aromatic N) is 2. The first-order valence-electron chi connectivity index (χ1n) is 7.13. The number of carbonyl (C=O) groups excluding carboxylic acids is 2. The van der Waals surface area contributed by atoms with Crippen molar-refractivity contribution in [1.29, 1.82) is 0 Å². The number of hydrogen-bond acceptors (Lipinski definition) is 6. The standard InChI is InChI=1S/C14H23N3O5/c1-5-21-12(19)10-9-11(18)16-17(10)8-6-7-15-13(20)22-14(2,3)4/h9H,5-8H2,1-4H3,(H,15,20)(H,16,18). The van der Waals surface area contributed by atoms with Gasteiger partial charge in [0.25, 0.3) is 0 Å². The smallest absolute Gasteiger partial charge is 0.407 e. The number of aromatic nitrogens is 2. The SMILES string of the molecule is CCOC(=O)c1cc(O)nn1CCCNC(=O)OC(C)(C)C. The third-order valence-corrected chi connectivity index (χ3v) is 2.47. The molecule has 0 aliphatic rings. The van der Waals surface area contributed by atoms with Crippen LogP contribution in [0.5, 0.6) is 5.88 Å². The first kappa shape index (κ1) is 17.8. The number of esters is 1. The van der Waals surface area contributed by atoms with Gasteiger partial charge < -0.3 is 19.9 Å². The maximum atomic E-state index is 11.7. The highest BCUT2D eigenvalue weighted by molar-refractivity contribution is 5.87. The van der Waals surface area contributed by atoms with Crippen LogP contribution in [0.3, 0.4) is 0 Å². The first-order chi connectivity index (χ1) is 10.2. The monoisotopic (exact) mass is 313 g/mol. The van der Waals surface area contributed by atoms with E-state index < -0.39 is 17.7 Å². The van der Waals surface area contributed by atoms with Crippen LogP contribution in [-0.4, -0.2) is 45.7 Å². The van der Waals surface area contributed by atoms with E-state index in [1.807, 2.05) is 0 Å². The summed E-state index contributed by atoms with van der Waals surface area (Å²) in [6, 6.07) is 1.25. The summed E-state index contributed by atoms with van der Waals surface area (Å²) in [5.74, 6) is -0.793. The topological polar surface area (TPSA) is 103 Å². The Morgan fingerprint density at radius 3 is 2.68 bits per heavy atom. The third-order valence-electron chi connectivity index (χ3n) is 2.47. The summed E-state index contributed by atoms with van der Waals surface area (Å²) in [5.41, 5.74) is -0.369. The molecule has 0 aromatic carbocycles. The molecule has 0 spiro atoms. The van der Waals surface area contributed by atoms with Gasteiger partial charge in [-0.25, -0.2) is 9.59 Å². The summed E-state index contributed by atoms with van der Waals surface area (Å²) in [4.78, 5) is 23.2. The van der Waals surface area contributed by atoms with E-state index in [2.05, 4.69) is 10.4 Å². The van der Waals surface area contributed by atoms with Gasteiger partial charge in [-0.15, -0.1) is 5.10 Å². The highest BCUT2D eigenvalue weighted by Crippen LogP contribution is 2.12. The quantitative estimate of drug-likeness (QED) is 0.612. The van der Waals surface area contributed by atoms with Gasteiger partial charge in [0.05, 0.1) is 6.61 Å². The molecular weight excluding hydrogens is 290 g/mol. The number of aromatic hydroxyl groups is 1. The van der Waals surface area contributed by atoms with Crippen molar-refractivity contribution in [1.82, 2.24) is 15.1 Å². The predicted octanol–water partition coefficient (Wildman–Crippen LogP) is 1.68. The second-order valence-electron chi connectivity index (χ2n) is 5.61. The second kappa shape index (κ2) is 7.67. The molecule has 0 bridgehead atoms. The lowest BCUT2D eigenvalue weighted by Crippen LogP contribution is -2.33. The van der Waals surface area contributed by atoms with Gasteiger partial charge >= 0.3 is 12.1 Å². The fourth-order valence-electron chi connectivity index (χ4n) is 1.68. The van der Waals surface area contributed by atoms with Crippen LogP contribution in [0.1, 0.15) is 44.6 Å². The fourth-order valence-corrected chi connectivity index (χ4v) is 1.68. The van der Waals surface area contributed by atoms with Crippen molar-refractivity contribution in [2.45, 2.75) is 46.3 Å². The molecule has 1 aromatic rings. The van der Waals surface area contributed by atoms with Crippen molar-refractivity contribution >= 4 is 12.1 Å². The average Bonchev–Trinajstić information content (AvgIpc) is 2.74. The van der Waals surface area contributed by atoms with Gasteiger partial charge in [0.1, 0.15) is 11.3 Å². The van der Waals surface area contributed by atoms with Crippen LogP contribution in [0, 0.1) is 0 Å². The van der Waals surface area contributed by atoms with E-state index >= 15 is 0 Å². The van der Waals surface area contributed by atoms with E-state index in [-0.39, 0.29) is 18.2 Å². The number of aryl methyl sites for hydroxylation is 1. The number of rotatable bonds is 6. The zero-order valence-corrected chi connectivity index (χ0v) is 13.4. The summed E-state index contributed by atoms with van der Waals surface area (Å²) >= 11 is 0. The third kappa shape index (κ3) is 6.02. The molecule has 2 N–H and O–H groups in total. The molecule has 1 heterocycles. The highest BCUT2D eigenvalue weighted by atomic mass is 16.6. The molecule has 0 unspecified atom stereocenters. The Bertz CT molecular complexity index is 519. The molecule has 0 aliphatic carbocycles. The van der Waals surface area contributed by atoms with Crippen molar-refractivity contribution in [3.63, 3.8) is 0 Å². The van der Waals surface area contributed by atoms with Gasteiger partial charge in [-0.3, -0.25) is 4.68 Å². The molecule has 8 heteroatoms. The molecule has 0 fully saturated rings. The number of hydrogen-bond donors (Lipinski definition) is 2. The average molecular weight is 313 g/mol. The summed E-state index contributed by atoms with van der Waals surface area (Å²) in [7, 11) is 0. The molecular formula is C14H23N3O5. The van der Waals surface area contributed by atoms with Gasteiger partial charge in [0.15, 0.2) is 0 Å². The Labute approximate surface area is 129 Å². The molecule has 0 aliphatic heterocycles. The number of ether oxygens (including phenoxy) is 2. The van der Waals surface area contributed by atoms with Crippen molar-refractivity contribution in [2.75, 3.05) is 13.2 Å². The molecule has 0 saturated carbocycles. The minimum Gasteiger partial charge on any atom is -0.492 e. The van der Waals surface area contributed by atoms with E-state index in [0.717, 1.165) is 0 Å². The number of amides is 1. The van der Waals surface area contributed by atoms with Crippen molar-refractivity contribution in [3.05, 3.63) is 11.8 Å². The number of alkyl carbamates (subject to hydrolysis) is 1. The van der Waals surface area contributed by atoms with Gasteiger partial charge in [-0.05, 0) is 34.1 Å². The summed E-state index contributed by atoms with van der Waals surface area (Å²) < 4.78 is 11.3. The predicted molar refractivity (Wildman–Crippen MR) is 78.7 cm³/mol. The van der Waals surface area contributed by atoms with Crippen molar-refractivity contribution in [2.24, 2.45) is 0 Å². The molecule has 0 saturated heterocycles. The molecule has 0 atom stereocenters. The second-order valence-corrected chi connectivity index (χ2v) is 5.61. The molecule has 8 nitrogen and oxygen atoms in total. The van der Waals surface area contributed by atoms with E-state index in [9.17, 15) is 14.7 Å². The lowest BCUT2D eigenvalue weighted by Gasteiger charge is -2.19. The Kier molecular flexibility index (Phi) is 6.21. The van der Waals surface area contributed by atoms with E-state index in [1.54, 1.807) is 27.7 Å². The van der Waals surface area contributed by atoms with Crippen LogP contribution in [0.25, 0.3) is 0 Å². The van der Waals surface area contributed by atoms with Crippen LogP contribution >= 0.6 is 0 Å². The fraction of sp³-hybridized carbons (Fsp3) is 0.643. The first-order valence-corrected chi connectivity index (χ1v) is 7.13. The largest absolute Gasteiger partial charge is 0.492 e. The van der Waals surface area contributed by atoms with E-state index in [1.165, 1.54) is 10.7 Å². The molecule has 1 amide bonds. The van der Waals surface area contributed by atoms with Crippen molar-refractivity contribution in [3.8, 4) is 5.88 Å².